The molecule has 0 spiro atoms. The fourth-order valence-electron chi connectivity index (χ4n) is 4.22. The Morgan fingerprint density at radius 3 is 2.44 bits per heavy atom. The molecule has 1 aliphatic rings. The molecule has 34 heavy (non-hydrogen) atoms. The maximum Gasteiger partial charge on any atom is 0.262 e. The van der Waals surface area contributed by atoms with Gasteiger partial charge in [-0.1, -0.05) is 54.3 Å². The summed E-state index contributed by atoms with van der Waals surface area (Å²) in [5.41, 5.74) is 1.77. The van der Waals surface area contributed by atoms with E-state index in [1.54, 1.807) is 19.1 Å². The van der Waals surface area contributed by atoms with Gasteiger partial charge in [-0.2, -0.15) is 0 Å². The number of rotatable bonds is 7. The normalized spacial score (nSPS) is 14.9. The molecule has 2 aromatic carbocycles. The van der Waals surface area contributed by atoms with Crippen LogP contribution in [-0.2, 0) is 10.0 Å². The fraction of sp³-hybridized carbons (Fsp3) is 0.375. The molecule has 0 aliphatic heterocycles. The van der Waals surface area contributed by atoms with Crippen molar-refractivity contribution in [3.63, 3.8) is 0 Å². The molecule has 1 heterocycles. The highest BCUT2D eigenvalue weighted by molar-refractivity contribution is 7.92. The van der Waals surface area contributed by atoms with Crippen molar-refractivity contribution in [3.8, 4) is 10.4 Å². The Morgan fingerprint density at radius 1 is 1.09 bits per heavy atom. The SMILES string of the molecule is Cc1ccc(-c2sc(NCC3CCCCC3)nc2C)cc1S(=O)(=O)Nc1cc(F)c(Cl)c(F)c1. The Balaban J connectivity index is 1.57. The average Bonchev–Trinajstić information content (AvgIpc) is 3.17. The summed E-state index contributed by atoms with van der Waals surface area (Å²) in [5, 5.41) is 3.57. The molecule has 0 amide bonds. The first-order chi connectivity index (χ1) is 16.1. The largest absolute Gasteiger partial charge is 0.361 e. The lowest BCUT2D eigenvalue weighted by Gasteiger charge is -2.21. The van der Waals surface area contributed by atoms with Crippen molar-refractivity contribution in [3.05, 3.63) is 58.2 Å². The number of hydrogen-bond acceptors (Lipinski definition) is 5. The number of halogens is 3. The monoisotopic (exact) mass is 525 g/mol. The molecule has 0 bridgehead atoms. The lowest BCUT2D eigenvalue weighted by molar-refractivity contribution is 0.373. The minimum atomic E-state index is -4.11. The Bertz CT molecular complexity index is 1280. The highest BCUT2D eigenvalue weighted by atomic mass is 35.5. The van der Waals surface area contributed by atoms with E-state index in [2.05, 4.69) is 15.0 Å². The standard InChI is InChI=1S/C24H26ClF2N3O2S2/c1-14-8-9-17(23-15(2)29-24(33-23)28-13-16-6-4-3-5-7-16)10-21(14)34(31,32)30-18-11-19(26)22(25)20(27)12-18/h8-12,16,30H,3-7,13H2,1-2H3,(H,28,29). The van der Waals surface area contributed by atoms with E-state index in [9.17, 15) is 17.2 Å². The van der Waals surface area contributed by atoms with Crippen LogP contribution in [0.5, 0.6) is 0 Å². The molecule has 3 aromatic rings. The minimum Gasteiger partial charge on any atom is -0.361 e. The zero-order valence-corrected chi connectivity index (χ0v) is 21.3. The molecule has 1 aromatic heterocycles. The van der Waals surface area contributed by atoms with Gasteiger partial charge in [0.25, 0.3) is 10.0 Å². The van der Waals surface area contributed by atoms with Crippen LogP contribution in [0.3, 0.4) is 0 Å². The van der Waals surface area contributed by atoms with Gasteiger partial charge in [-0.25, -0.2) is 22.2 Å². The molecule has 0 radical (unpaired) electrons. The summed E-state index contributed by atoms with van der Waals surface area (Å²) in [6.45, 7) is 4.44. The van der Waals surface area contributed by atoms with E-state index in [4.69, 9.17) is 11.6 Å². The van der Waals surface area contributed by atoms with Gasteiger partial charge in [-0.3, -0.25) is 4.72 Å². The van der Waals surface area contributed by atoms with E-state index in [1.165, 1.54) is 43.4 Å². The molecule has 0 saturated heterocycles. The molecule has 5 nitrogen and oxygen atoms in total. The molecule has 10 heteroatoms. The van der Waals surface area contributed by atoms with E-state index < -0.39 is 26.7 Å². The number of benzene rings is 2. The van der Waals surface area contributed by atoms with Crippen LogP contribution >= 0.6 is 22.9 Å². The number of aryl methyl sites for hydroxylation is 2. The number of aromatic nitrogens is 1. The molecular formula is C24H26ClF2N3O2S2. The number of sulfonamides is 1. The second-order valence-electron chi connectivity index (χ2n) is 8.66. The zero-order chi connectivity index (χ0) is 24.5. The van der Waals surface area contributed by atoms with Crippen molar-refractivity contribution < 1.29 is 17.2 Å². The first-order valence-corrected chi connectivity index (χ1v) is 13.8. The van der Waals surface area contributed by atoms with E-state index in [-0.39, 0.29) is 10.6 Å². The summed E-state index contributed by atoms with van der Waals surface area (Å²) in [6.07, 6.45) is 6.33. The number of hydrogen-bond donors (Lipinski definition) is 2. The van der Waals surface area contributed by atoms with Crippen molar-refractivity contribution >= 4 is 43.8 Å². The molecule has 0 atom stereocenters. The fourth-order valence-corrected chi connectivity index (χ4v) is 6.61. The van der Waals surface area contributed by atoms with Crippen molar-refractivity contribution in [2.75, 3.05) is 16.6 Å². The number of anilines is 2. The van der Waals surface area contributed by atoms with E-state index in [0.29, 0.717) is 17.0 Å². The minimum absolute atomic E-state index is 0.0188. The number of nitrogens with zero attached hydrogens (tertiary/aromatic N) is 1. The third-order valence-corrected chi connectivity index (χ3v) is 9.09. The second kappa shape index (κ2) is 10.2. The second-order valence-corrected chi connectivity index (χ2v) is 11.7. The molecule has 4 rings (SSSR count). The summed E-state index contributed by atoms with van der Waals surface area (Å²) in [6, 6.07) is 6.81. The van der Waals surface area contributed by atoms with Gasteiger partial charge < -0.3 is 5.32 Å². The van der Waals surface area contributed by atoms with Crippen LogP contribution in [-0.4, -0.2) is 19.9 Å². The van der Waals surface area contributed by atoms with Gasteiger partial charge in [0.1, 0.15) is 16.7 Å². The predicted octanol–water partition coefficient (Wildman–Crippen LogP) is 7.15. The van der Waals surface area contributed by atoms with Gasteiger partial charge in [0.05, 0.1) is 21.2 Å². The Hall–Kier alpha value is -2.23. The quantitative estimate of drug-likeness (QED) is 0.321. The van der Waals surface area contributed by atoms with Crippen LogP contribution in [0.1, 0.15) is 43.4 Å². The molecule has 2 N–H and O–H groups in total. The van der Waals surface area contributed by atoms with Gasteiger partial charge in [0.2, 0.25) is 0 Å². The van der Waals surface area contributed by atoms with Crippen LogP contribution < -0.4 is 10.0 Å². The van der Waals surface area contributed by atoms with Crippen LogP contribution in [0.25, 0.3) is 10.4 Å². The number of thiazole rings is 1. The van der Waals surface area contributed by atoms with Gasteiger partial charge in [-0.05, 0) is 61.9 Å². The van der Waals surface area contributed by atoms with E-state index in [0.717, 1.165) is 34.4 Å². The van der Waals surface area contributed by atoms with Crippen molar-refractivity contribution in [2.45, 2.75) is 50.8 Å². The highest BCUT2D eigenvalue weighted by Crippen LogP contribution is 2.36. The third kappa shape index (κ3) is 5.53. The Labute approximate surface area is 207 Å². The summed E-state index contributed by atoms with van der Waals surface area (Å²) >= 11 is 6.98. The summed E-state index contributed by atoms with van der Waals surface area (Å²) in [7, 11) is -4.11. The first-order valence-electron chi connectivity index (χ1n) is 11.1. The summed E-state index contributed by atoms with van der Waals surface area (Å²) < 4.78 is 56.0. The van der Waals surface area contributed by atoms with E-state index in [1.807, 2.05) is 13.0 Å². The lowest BCUT2D eigenvalue weighted by atomic mass is 9.89. The first kappa shape index (κ1) is 24.9. The summed E-state index contributed by atoms with van der Waals surface area (Å²) in [4.78, 5) is 5.51. The predicted molar refractivity (Wildman–Crippen MR) is 134 cm³/mol. The van der Waals surface area contributed by atoms with Crippen molar-refractivity contribution in [1.82, 2.24) is 4.98 Å². The van der Waals surface area contributed by atoms with Crippen molar-refractivity contribution in [1.29, 1.82) is 0 Å². The van der Waals surface area contributed by atoms with Crippen LogP contribution in [0.4, 0.5) is 19.6 Å². The van der Waals surface area contributed by atoms with Crippen LogP contribution in [0.15, 0.2) is 35.2 Å². The van der Waals surface area contributed by atoms with Gasteiger partial charge in [0.15, 0.2) is 5.13 Å². The molecule has 1 aliphatic carbocycles. The Kier molecular flexibility index (Phi) is 7.45. The van der Waals surface area contributed by atoms with Gasteiger partial charge >= 0.3 is 0 Å². The smallest absolute Gasteiger partial charge is 0.262 e. The molecule has 182 valence electrons. The zero-order valence-electron chi connectivity index (χ0n) is 18.9. The van der Waals surface area contributed by atoms with Crippen LogP contribution in [0, 0.1) is 31.4 Å². The molecule has 1 saturated carbocycles. The lowest BCUT2D eigenvalue weighted by Crippen LogP contribution is -2.16. The average molecular weight is 526 g/mol. The van der Waals surface area contributed by atoms with Gasteiger partial charge in [0, 0.05) is 6.54 Å². The van der Waals surface area contributed by atoms with Crippen LogP contribution in [0.2, 0.25) is 5.02 Å². The maximum atomic E-state index is 13.8. The molecular weight excluding hydrogens is 500 g/mol. The Morgan fingerprint density at radius 2 is 1.76 bits per heavy atom. The van der Waals surface area contributed by atoms with Gasteiger partial charge in [-0.15, -0.1) is 0 Å². The summed E-state index contributed by atoms with van der Waals surface area (Å²) in [5.74, 6) is -1.43. The van der Waals surface area contributed by atoms with E-state index >= 15 is 0 Å². The van der Waals surface area contributed by atoms with Crippen molar-refractivity contribution in [2.24, 2.45) is 5.92 Å². The number of nitrogens with one attached hydrogen (secondary N) is 2. The molecule has 1 fully saturated rings. The third-order valence-electron chi connectivity index (χ3n) is 6.04. The highest BCUT2D eigenvalue weighted by Gasteiger charge is 2.21. The molecule has 0 unspecified atom stereocenters. The topological polar surface area (TPSA) is 71.1 Å². The maximum absolute atomic E-state index is 13.8.